The highest BCUT2D eigenvalue weighted by Gasteiger charge is 2.39. The molecule has 0 aromatic heterocycles. The number of benzene rings is 2. The molecule has 0 spiro atoms. The summed E-state index contributed by atoms with van der Waals surface area (Å²) in [5.74, 6) is 0.243. The van der Waals surface area contributed by atoms with Gasteiger partial charge < -0.3 is 10.1 Å². The quantitative estimate of drug-likeness (QED) is 0.882. The lowest BCUT2D eigenvalue weighted by Gasteiger charge is -2.16. The fourth-order valence-electron chi connectivity index (χ4n) is 2.60. The molecule has 1 fully saturated rings. The molecule has 1 heterocycles. The van der Waals surface area contributed by atoms with Crippen LogP contribution in [0.4, 0.5) is 11.4 Å². The summed E-state index contributed by atoms with van der Waals surface area (Å²) >= 11 is 0. The smallest absolute Gasteiger partial charge is 0.256 e. The Morgan fingerprint density at radius 1 is 1.04 bits per heavy atom. The molecule has 0 bridgehead atoms. The number of nitrogens with one attached hydrogen (secondary N) is 1. The van der Waals surface area contributed by atoms with Gasteiger partial charge >= 0.3 is 0 Å². The van der Waals surface area contributed by atoms with Gasteiger partial charge in [-0.3, -0.25) is 9.59 Å². The van der Waals surface area contributed by atoms with E-state index < -0.39 is 6.04 Å². The summed E-state index contributed by atoms with van der Waals surface area (Å²) in [4.78, 5) is 26.0. The Morgan fingerprint density at radius 3 is 2.30 bits per heavy atom. The number of carbonyl (C=O) groups excluding carboxylic acids is 2. The average molecular weight is 310 g/mol. The molecule has 0 radical (unpaired) electrons. The minimum atomic E-state index is -0.535. The number of imide groups is 1. The Morgan fingerprint density at radius 2 is 1.70 bits per heavy atom. The summed E-state index contributed by atoms with van der Waals surface area (Å²) in [7, 11) is 1.57. The minimum absolute atomic E-state index is 0.152. The van der Waals surface area contributed by atoms with E-state index in [-0.39, 0.29) is 18.2 Å². The number of aryl methyl sites for hydroxylation is 1. The van der Waals surface area contributed by atoms with Crippen LogP contribution in [0.5, 0.6) is 5.75 Å². The van der Waals surface area contributed by atoms with E-state index >= 15 is 0 Å². The predicted molar refractivity (Wildman–Crippen MR) is 88.7 cm³/mol. The van der Waals surface area contributed by atoms with Gasteiger partial charge in [-0.05, 0) is 43.3 Å². The SMILES string of the molecule is COc1ccc(N2C(=O)C[C@@H](Nc3ccc(C)cc3)C2=O)cc1. The number of hydrogen-bond acceptors (Lipinski definition) is 4. The van der Waals surface area contributed by atoms with Crippen LogP contribution in [-0.2, 0) is 9.59 Å². The van der Waals surface area contributed by atoms with Crippen molar-refractivity contribution >= 4 is 23.2 Å². The molecule has 1 atom stereocenters. The lowest BCUT2D eigenvalue weighted by atomic mass is 10.2. The zero-order valence-corrected chi connectivity index (χ0v) is 13.1. The van der Waals surface area contributed by atoms with Gasteiger partial charge in [-0.25, -0.2) is 4.90 Å². The molecule has 1 aliphatic rings. The van der Waals surface area contributed by atoms with E-state index in [2.05, 4.69) is 5.32 Å². The Hall–Kier alpha value is -2.82. The molecule has 3 rings (SSSR count). The largest absolute Gasteiger partial charge is 0.497 e. The van der Waals surface area contributed by atoms with Crippen LogP contribution in [-0.4, -0.2) is 25.0 Å². The van der Waals surface area contributed by atoms with Crippen molar-refractivity contribution in [2.24, 2.45) is 0 Å². The van der Waals surface area contributed by atoms with Gasteiger partial charge in [-0.1, -0.05) is 17.7 Å². The van der Waals surface area contributed by atoms with Crippen molar-refractivity contribution in [2.75, 3.05) is 17.3 Å². The number of rotatable bonds is 4. The molecule has 1 N–H and O–H groups in total. The van der Waals surface area contributed by atoms with Crippen molar-refractivity contribution in [3.63, 3.8) is 0 Å². The molecule has 23 heavy (non-hydrogen) atoms. The number of nitrogens with zero attached hydrogens (tertiary/aromatic N) is 1. The van der Waals surface area contributed by atoms with Gasteiger partial charge in [0.05, 0.1) is 19.2 Å². The first-order valence-corrected chi connectivity index (χ1v) is 7.42. The number of amides is 2. The lowest BCUT2D eigenvalue weighted by Crippen LogP contribution is -2.34. The number of ether oxygens (including phenoxy) is 1. The second-order valence-corrected chi connectivity index (χ2v) is 5.53. The molecule has 118 valence electrons. The van der Waals surface area contributed by atoms with Crippen LogP contribution in [0.15, 0.2) is 48.5 Å². The highest BCUT2D eigenvalue weighted by Crippen LogP contribution is 2.26. The number of methoxy groups -OCH3 is 1. The van der Waals surface area contributed by atoms with E-state index in [1.165, 1.54) is 4.90 Å². The lowest BCUT2D eigenvalue weighted by molar-refractivity contribution is -0.121. The van der Waals surface area contributed by atoms with Crippen LogP contribution in [0.25, 0.3) is 0 Å². The first-order chi connectivity index (χ1) is 11.1. The normalized spacial score (nSPS) is 17.5. The van der Waals surface area contributed by atoms with Crippen LogP contribution in [0, 0.1) is 6.92 Å². The molecule has 0 unspecified atom stereocenters. The second-order valence-electron chi connectivity index (χ2n) is 5.53. The van der Waals surface area contributed by atoms with Crippen molar-refractivity contribution < 1.29 is 14.3 Å². The fraction of sp³-hybridized carbons (Fsp3) is 0.222. The highest BCUT2D eigenvalue weighted by atomic mass is 16.5. The fourth-order valence-corrected chi connectivity index (χ4v) is 2.60. The van der Waals surface area contributed by atoms with E-state index in [1.807, 2.05) is 31.2 Å². The zero-order chi connectivity index (χ0) is 16.4. The summed E-state index contributed by atoms with van der Waals surface area (Å²) in [6.07, 6.45) is 0.152. The molecule has 2 aromatic rings. The molecule has 5 nitrogen and oxygen atoms in total. The van der Waals surface area contributed by atoms with E-state index in [0.29, 0.717) is 11.4 Å². The van der Waals surface area contributed by atoms with Crippen LogP contribution in [0.1, 0.15) is 12.0 Å². The topological polar surface area (TPSA) is 58.6 Å². The maximum atomic E-state index is 12.6. The third kappa shape index (κ3) is 3.04. The van der Waals surface area contributed by atoms with E-state index in [9.17, 15) is 9.59 Å². The molecule has 0 aliphatic carbocycles. The Kier molecular flexibility index (Phi) is 4.02. The van der Waals surface area contributed by atoms with Crippen molar-refractivity contribution in [3.8, 4) is 5.75 Å². The van der Waals surface area contributed by atoms with E-state index in [4.69, 9.17) is 4.74 Å². The standard InChI is InChI=1S/C18H18N2O3/c1-12-3-5-13(6-4-12)19-16-11-17(21)20(18(16)22)14-7-9-15(23-2)10-8-14/h3-10,16,19H,11H2,1-2H3/t16-/m1/s1. The molecule has 1 saturated heterocycles. The third-order valence-electron chi connectivity index (χ3n) is 3.87. The number of carbonyl (C=O) groups is 2. The van der Waals surface area contributed by atoms with Gasteiger partial charge in [-0.15, -0.1) is 0 Å². The Balaban J connectivity index is 1.77. The molecular weight excluding hydrogens is 292 g/mol. The molecule has 2 amide bonds. The maximum absolute atomic E-state index is 12.6. The van der Waals surface area contributed by atoms with Crippen molar-refractivity contribution in [2.45, 2.75) is 19.4 Å². The summed E-state index contributed by atoms with van der Waals surface area (Å²) in [6.45, 7) is 2.00. The summed E-state index contributed by atoms with van der Waals surface area (Å²) in [6, 6.07) is 14.1. The Labute approximate surface area is 134 Å². The van der Waals surface area contributed by atoms with Gasteiger partial charge in [0.25, 0.3) is 5.91 Å². The molecular formula is C18H18N2O3. The zero-order valence-electron chi connectivity index (χ0n) is 13.1. The van der Waals surface area contributed by atoms with E-state index in [0.717, 1.165) is 11.3 Å². The number of anilines is 2. The average Bonchev–Trinajstić information content (AvgIpc) is 2.84. The second kappa shape index (κ2) is 6.12. The summed E-state index contributed by atoms with van der Waals surface area (Å²) in [5.41, 5.74) is 2.54. The third-order valence-corrected chi connectivity index (χ3v) is 3.87. The first kappa shape index (κ1) is 15.1. The molecule has 2 aromatic carbocycles. The van der Waals surface area contributed by atoms with E-state index in [1.54, 1.807) is 31.4 Å². The van der Waals surface area contributed by atoms with Crippen molar-refractivity contribution in [1.29, 1.82) is 0 Å². The monoisotopic (exact) mass is 310 g/mol. The van der Waals surface area contributed by atoms with Gasteiger partial charge in [0, 0.05) is 5.69 Å². The first-order valence-electron chi connectivity index (χ1n) is 7.42. The van der Waals surface area contributed by atoms with Crippen LogP contribution in [0.3, 0.4) is 0 Å². The van der Waals surface area contributed by atoms with Gasteiger partial charge in [0.15, 0.2) is 0 Å². The van der Waals surface area contributed by atoms with Crippen LogP contribution in [0.2, 0.25) is 0 Å². The Bertz CT molecular complexity index is 723. The predicted octanol–water partition coefficient (Wildman–Crippen LogP) is 2.75. The highest BCUT2D eigenvalue weighted by molar-refractivity contribution is 6.23. The molecule has 5 heteroatoms. The minimum Gasteiger partial charge on any atom is -0.497 e. The maximum Gasteiger partial charge on any atom is 0.256 e. The van der Waals surface area contributed by atoms with Crippen LogP contribution >= 0.6 is 0 Å². The van der Waals surface area contributed by atoms with Gasteiger partial charge in [-0.2, -0.15) is 0 Å². The molecule has 0 saturated carbocycles. The van der Waals surface area contributed by atoms with Gasteiger partial charge in [0.2, 0.25) is 5.91 Å². The molecule has 1 aliphatic heterocycles. The van der Waals surface area contributed by atoms with Crippen molar-refractivity contribution in [1.82, 2.24) is 0 Å². The van der Waals surface area contributed by atoms with Crippen molar-refractivity contribution in [3.05, 3.63) is 54.1 Å². The van der Waals surface area contributed by atoms with Gasteiger partial charge in [0.1, 0.15) is 11.8 Å². The van der Waals surface area contributed by atoms with Crippen LogP contribution < -0.4 is 15.0 Å². The summed E-state index contributed by atoms with van der Waals surface area (Å²) < 4.78 is 5.09. The number of hydrogen-bond donors (Lipinski definition) is 1. The summed E-state index contributed by atoms with van der Waals surface area (Å²) in [5, 5.41) is 3.13.